The summed E-state index contributed by atoms with van der Waals surface area (Å²) in [6.07, 6.45) is 1.15. The molecule has 5 rings (SSSR count). The minimum Gasteiger partial charge on any atom is -0.491 e. The molecule has 2 aromatic carbocycles. The Kier molecular flexibility index (Phi) is 6.62. The Labute approximate surface area is 201 Å². The van der Waals surface area contributed by atoms with Gasteiger partial charge in [-0.2, -0.15) is 0 Å². The molecule has 0 saturated carbocycles. The smallest absolute Gasteiger partial charge is 0.257 e. The Bertz CT molecular complexity index is 1040. The molecule has 2 atom stereocenters. The molecule has 0 bridgehead atoms. The molecule has 182 valence electrons. The first-order chi connectivity index (χ1) is 16.4. The lowest BCUT2D eigenvalue weighted by Crippen LogP contribution is -2.44. The molecule has 3 heterocycles. The summed E-state index contributed by atoms with van der Waals surface area (Å²) >= 11 is 0. The van der Waals surface area contributed by atoms with Crippen LogP contribution in [0, 0.1) is 0 Å². The van der Waals surface area contributed by atoms with Crippen molar-refractivity contribution in [3.05, 3.63) is 64.7 Å². The predicted octanol–water partition coefficient (Wildman–Crippen LogP) is 1.90. The summed E-state index contributed by atoms with van der Waals surface area (Å²) < 4.78 is 5.94. The number of carbonyl (C=O) groups excluding carboxylic acids is 1. The second-order valence-electron chi connectivity index (χ2n) is 10.3. The molecule has 3 aliphatic heterocycles. The lowest BCUT2D eigenvalue weighted by Gasteiger charge is -2.32. The van der Waals surface area contributed by atoms with Crippen LogP contribution in [-0.2, 0) is 19.5 Å². The Morgan fingerprint density at radius 3 is 2.68 bits per heavy atom. The van der Waals surface area contributed by atoms with Gasteiger partial charge < -0.3 is 19.8 Å². The van der Waals surface area contributed by atoms with Crippen LogP contribution in [0.1, 0.15) is 40.4 Å². The Morgan fingerprint density at radius 1 is 1.06 bits per heavy atom. The van der Waals surface area contributed by atoms with E-state index < -0.39 is 11.7 Å². The molecule has 2 aromatic rings. The van der Waals surface area contributed by atoms with E-state index >= 15 is 0 Å². The topological polar surface area (TPSA) is 76.5 Å². The van der Waals surface area contributed by atoms with Gasteiger partial charge in [0.2, 0.25) is 0 Å². The van der Waals surface area contributed by atoms with Gasteiger partial charge in [0.25, 0.3) is 5.91 Å². The molecule has 7 nitrogen and oxygen atoms in total. The van der Waals surface area contributed by atoms with Crippen LogP contribution >= 0.6 is 0 Å². The van der Waals surface area contributed by atoms with Gasteiger partial charge in [0, 0.05) is 45.8 Å². The van der Waals surface area contributed by atoms with Gasteiger partial charge in [-0.05, 0) is 48.6 Å². The molecule has 0 radical (unpaired) electrons. The first-order valence-electron chi connectivity index (χ1n) is 12.3. The standard InChI is InChI=1S/C27H35N3O4/c1-27(33)9-11-29(19-27)15-20-6-7-24-25(14-20)34-13-12-30(26(24)32)18-23(31)17-28-10-8-21-4-2-3-5-22(21)16-28/h2-7,14,23,31,33H,8-13,15-19H2,1H3/t23-,27?/m1/s1. The van der Waals surface area contributed by atoms with Gasteiger partial charge in [0.15, 0.2) is 0 Å². The number of hydrogen-bond donors (Lipinski definition) is 2. The second kappa shape index (κ2) is 9.66. The maximum Gasteiger partial charge on any atom is 0.257 e. The van der Waals surface area contributed by atoms with Crippen LogP contribution in [0.15, 0.2) is 42.5 Å². The molecule has 0 spiro atoms. The number of likely N-dealkylation sites (tertiary alicyclic amines) is 1. The highest BCUT2D eigenvalue weighted by atomic mass is 16.5. The van der Waals surface area contributed by atoms with Crippen LogP contribution in [0.5, 0.6) is 5.75 Å². The van der Waals surface area contributed by atoms with E-state index in [0.29, 0.717) is 44.1 Å². The van der Waals surface area contributed by atoms with Crippen molar-refractivity contribution in [2.24, 2.45) is 0 Å². The van der Waals surface area contributed by atoms with Gasteiger partial charge >= 0.3 is 0 Å². The Hall–Kier alpha value is -2.45. The van der Waals surface area contributed by atoms with E-state index in [-0.39, 0.29) is 5.91 Å². The third kappa shape index (κ3) is 5.28. The molecule has 1 saturated heterocycles. The summed E-state index contributed by atoms with van der Waals surface area (Å²) in [7, 11) is 0. The Balaban J connectivity index is 1.19. The van der Waals surface area contributed by atoms with Crippen LogP contribution in [-0.4, -0.2) is 88.4 Å². The molecule has 1 unspecified atom stereocenters. The fourth-order valence-electron chi connectivity index (χ4n) is 5.43. The average molecular weight is 466 g/mol. The van der Waals surface area contributed by atoms with Crippen LogP contribution in [0.4, 0.5) is 0 Å². The van der Waals surface area contributed by atoms with Crippen LogP contribution < -0.4 is 4.74 Å². The van der Waals surface area contributed by atoms with E-state index in [4.69, 9.17) is 4.74 Å². The molecule has 1 amide bonds. The van der Waals surface area contributed by atoms with Gasteiger partial charge in [-0.3, -0.25) is 14.6 Å². The van der Waals surface area contributed by atoms with E-state index in [9.17, 15) is 15.0 Å². The second-order valence-corrected chi connectivity index (χ2v) is 10.3. The number of rotatable bonds is 6. The van der Waals surface area contributed by atoms with Crippen molar-refractivity contribution in [3.8, 4) is 5.75 Å². The number of fused-ring (bicyclic) bond motifs is 2. The number of amides is 1. The lowest BCUT2D eigenvalue weighted by atomic mass is 10.00. The van der Waals surface area contributed by atoms with Crippen LogP contribution in [0.25, 0.3) is 0 Å². The summed E-state index contributed by atoms with van der Waals surface area (Å²) in [5, 5.41) is 21.0. The highest BCUT2D eigenvalue weighted by molar-refractivity contribution is 5.97. The number of hydrogen-bond acceptors (Lipinski definition) is 6. The van der Waals surface area contributed by atoms with Crippen molar-refractivity contribution in [2.75, 3.05) is 45.9 Å². The maximum absolute atomic E-state index is 13.2. The summed E-state index contributed by atoms with van der Waals surface area (Å²) in [6, 6.07) is 14.2. The van der Waals surface area contributed by atoms with Gasteiger partial charge in [-0.1, -0.05) is 30.3 Å². The van der Waals surface area contributed by atoms with Crippen LogP contribution in [0.3, 0.4) is 0 Å². The highest BCUT2D eigenvalue weighted by Crippen LogP contribution is 2.28. The summed E-state index contributed by atoms with van der Waals surface area (Å²) in [4.78, 5) is 19.5. The molecule has 2 N–H and O–H groups in total. The predicted molar refractivity (Wildman–Crippen MR) is 130 cm³/mol. The molecular weight excluding hydrogens is 430 g/mol. The number of benzene rings is 2. The third-order valence-electron chi connectivity index (χ3n) is 7.23. The number of aliphatic hydroxyl groups is 2. The largest absolute Gasteiger partial charge is 0.491 e. The van der Waals surface area contributed by atoms with Gasteiger partial charge in [-0.15, -0.1) is 0 Å². The molecule has 1 fully saturated rings. The zero-order valence-corrected chi connectivity index (χ0v) is 19.9. The first kappa shape index (κ1) is 23.3. The maximum atomic E-state index is 13.2. The highest BCUT2D eigenvalue weighted by Gasteiger charge is 2.32. The molecule has 3 aliphatic rings. The molecule has 0 aromatic heterocycles. The van der Waals surface area contributed by atoms with Gasteiger partial charge in [0.05, 0.1) is 23.8 Å². The number of aliphatic hydroxyl groups excluding tert-OH is 1. The molecule has 34 heavy (non-hydrogen) atoms. The van der Waals surface area contributed by atoms with Crippen molar-refractivity contribution in [3.63, 3.8) is 0 Å². The molecule has 0 aliphatic carbocycles. The van der Waals surface area contributed by atoms with Crippen LogP contribution in [0.2, 0.25) is 0 Å². The van der Waals surface area contributed by atoms with Crippen molar-refractivity contribution >= 4 is 5.91 Å². The van der Waals surface area contributed by atoms with Crippen molar-refractivity contribution in [1.82, 2.24) is 14.7 Å². The molecule has 7 heteroatoms. The van der Waals surface area contributed by atoms with Crippen molar-refractivity contribution in [1.29, 1.82) is 0 Å². The van der Waals surface area contributed by atoms with Gasteiger partial charge in [0.1, 0.15) is 12.4 Å². The van der Waals surface area contributed by atoms with Crippen molar-refractivity contribution < 1.29 is 19.7 Å². The number of β-amino-alcohol motifs (C(OH)–C–C–N with tert-alkyl or cyclic N) is 2. The van der Waals surface area contributed by atoms with E-state index in [1.54, 1.807) is 4.90 Å². The fraction of sp³-hybridized carbons (Fsp3) is 0.519. The van der Waals surface area contributed by atoms with E-state index in [1.807, 2.05) is 25.1 Å². The average Bonchev–Trinajstić information content (AvgIpc) is 3.07. The summed E-state index contributed by atoms with van der Waals surface area (Å²) in [5.41, 5.74) is 3.70. The lowest BCUT2D eigenvalue weighted by molar-refractivity contribution is 0.0501. The minimum absolute atomic E-state index is 0.0915. The zero-order chi connectivity index (χ0) is 23.7. The number of ether oxygens (including phenoxy) is 1. The normalized spacial score (nSPS) is 24.3. The summed E-state index contributed by atoms with van der Waals surface area (Å²) in [5.74, 6) is 0.518. The van der Waals surface area contributed by atoms with E-state index in [2.05, 4.69) is 34.1 Å². The van der Waals surface area contributed by atoms with Crippen molar-refractivity contribution in [2.45, 2.75) is 44.6 Å². The molecular formula is C27H35N3O4. The Morgan fingerprint density at radius 2 is 1.88 bits per heavy atom. The third-order valence-corrected chi connectivity index (χ3v) is 7.23. The van der Waals surface area contributed by atoms with E-state index in [1.165, 1.54) is 11.1 Å². The first-order valence-corrected chi connectivity index (χ1v) is 12.3. The number of carbonyl (C=O) groups is 1. The SMILES string of the molecule is CC1(O)CCN(Cc2ccc3c(c2)OCCN(C[C@H](O)CN2CCc4ccccc4C2)C3=O)C1. The van der Waals surface area contributed by atoms with Gasteiger partial charge in [-0.25, -0.2) is 0 Å². The zero-order valence-electron chi connectivity index (χ0n) is 19.9. The minimum atomic E-state index is -0.628. The summed E-state index contributed by atoms with van der Waals surface area (Å²) in [6.45, 7) is 7.57. The fourth-order valence-corrected chi connectivity index (χ4v) is 5.43. The number of nitrogens with zero attached hydrogens (tertiary/aromatic N) is 3. The van der Waals surface area contributed by atoms with E-state index in [0.717, 1.165) is 44.6 Å². The quantitative estimate of drug-likeness (QED) is 0.679. The monoisotopic (exact) mass is 465 g/mol.